The molecule has 4 N–H and O–H groups in total. The van der Waals surface area contributed by atoms with Gasteiger partial charge in [-0.3, -0.25) is 10.4 Å². The fourth-order valence-electron chi connectivity index (χ4n) is 1.19. The number of nitrogens with two attached hydrogens (primary N) is 1. The average molecular weight is 224 g/mol. The summed E-state index contributed by atoms with van der Waals surface area (Å²) in [7, 11) is 0. The van der Waals surface area contributed by atoms with Gasteiger partial charge in [0.05, 0.1) is 6.26 Å². The molecule has 0 saturated heterocycles. The summed E-state index contributed by atoms with van der Waals surface area (Å²) in [5.41, 5.74) is 2.55. The predicted octanol–water partition coefficient (Wildman–Crippen LogP) is 0.887. The van der Waals surface area contributed by atoms with Crippen molar-refractivity contribution in [2.45, 2.75) is 20.3 Å². The van der Waals surface area contributed by atoms with Gasteiger partial charge in [0, 0.05) is 19.5 Å². The number of nitrogens with one attached hydrogen (secondary N) is 2. The minimum Gasteiger partial charge on any atom is -0.469 e. The minimum absolute atomic E-state index is 0.523. The highest BCUT2D eigenvalue weighted by Gasteiger charge is 1.98. The summed E-state index contributed by atoms with van der Waals surface area (Å²) < 4.78 is 5.22. The second-order valence-corrected chi connectivity index (χ2v) is 3.98. The first-order chi connectivity index (χ1) is 7.72. The number of hydrogen-bond acceptors (Lipinski definition) is 3. The van der Waals surface area contributed by atoms with Crippen LogP contribution in [0.25, 0.3) is 0 Å². The maximum atomic E-state index is 5.35. The lowest BCUT2D eigenvalue weighted by Crippen LogP contribution is -2.42. The Hall–Kier alpha value is -1.49. The molecule has 0 aliphatic rings. The van der Waals surface area contributed by atoms with Gasteiger partial charge in [0.15, 0.2) is 0 Å². The molecule has 1 aromatic heterocycles. The van der Waals surface area contributed by atoms with Crippen LogP contribution in [-0.4, -0.2) is 19.0 Å². The molecule has 90 valence electrons. The molecule has 0 amide bonds. The molecule has 1 aromatic rings. The Bertz CT molecular complexity index is 306. The zero-order valence-electron chi connectivity index (χ0n) is 9.86. The molecule has 0 saturated carbocycles. The van der Waals surface area contributed by atoms with Gasteiger partial charge in [0.25, 0.3) is 0 Å². The Kier molecular flexibility index (Phi) is 5.42. The van der Waals surface area contributed by atoms with Gasteiger partial charge in [0.1, 0.15) is 5.76 Å². The number of hydrogen-bond donors (Lipinski definition) is 3. The lowest BCUT2D eigenvalue weighted by atomic mass is 10.2. The molecule has 1 rings (SSSR count). The molecule has 0 bridgehead atoms. The summed E-state index contributed by atoms with van der Waals surface area (Å²) in [6, 6.07) is 3.83. The molecule has 0 fully saturated rings. The Morgan fingerprint density at radius 2 is 2.38 bits per heavy atom. The summed E-state index contributed by atoms with van der Waals surface area (Å²) >= 11 is 0. The van der Waals surface area contributed by atoms with Crippen LogP contribution in [0.4, 0.5) is 0 Å². The molecule has 5 heteroatoms. The van der Waals surface area contributed by atoms with Crippen LogP contribution >= 0.6 is 0 Å². The van der Waals surface area contributed by atoms with Crippen LogP contribution < -0.4 is 16.6 Å². The molecule has 16 heavy (non-hydrogen) atoms. The second kappa shape index (κ2) is 6.90. The van der Waals surface area contributed by atoms with Gasteiger partial charge in [-0.05, 0) is 18.1 Å². The Morgan fingerprint density at radius 1 is 1.56 bits per heavy atom. The lowest BCUT2D eigenvalue weighted by Gasteiger charge is -2.09. The third kappa shape index (κ3) is 4.84. The van der Waals surface area contributed by atoms with Crippen molar-refractivity contribution in [2.24, 2.45) is 16.8 Å². The van der Waals surface area contributed by atoms with E-state index in [1.807, 2.05) is 12.1 Å². The number of hydrazine groups is 1. The summed E-state index contributed by atoms with van der Waals surface area (Å²) in [5, 5.41) is 3.12. The maximum Gasteiger partial charge on any atom is 0.205 e. The molecule has 0 aromatic carbocycles. The normalized spacial score (nSPS) is 11.9. The van der Waals surface area contributed by atoms with Gasteiger partial charge < -0.3 is 9.73 Å². The number of guanidine groups is 1. The molecular formula is C11H20N4O. The van der Waals surface area contributed by atoms with Crippen LogP contribution in [-0.2, 0) is 6.42 Å². The number of nitrogens with zero attached hydrogens (tertiary/aromatic N) is 1. The fraction of sp³-hybridized carbons (Fsp3) is 0.545. The van der Waals surface area contributed by atoms with Crippen LogP contribution in [0.3, 0.4) is 0 Å². The number of furan rings is 1. The van der Waals surface area contributed by atoms with E-state index in [1.54, 1.807) is 6.26 Å². The third-order valence-electron chi connectivity index (χ3n) is 2.00. The molecule has 0 atom stereocenters. The standard InChI is InChI=1S/C11H20N4O/c1-9(2)8-14-11(15-12)13-6-5-10-4-3-7-16-10/h3-4,7,9H,5-6,8,12H2,1-2H3,(H2,13,14,15). The highest BCUT2D eigenvalue weighted by atomic mass is 16.3. The smallest absolute Gasteiger partial charge is 0.205 e. The predicted molar refractivity (Wildman–Crippen MR) is 64.9 cm³/mol. The van der Waals surface area contributed by atoms with Crippen molar-refractivity contribution in [3.8, 4) is 0 Å². The van der Waals surface area contributed by atoms with Crippen LogP contribution in [0.2, 0.25) is 0 Å². The Morgan fingerprint density at radius 3 is 2.94 bits per heavy atom. The molecule has 5 nitrogen and oxygen atoms in total. The van der Waals surface area contributed by atoms with Crippen LogP contribution in [0.1, 0.15) is 19.6 Å². The SMILES string of the molecule is CC(C)CN=C(NN)NCCc1ccco1. The van der Waals surface area contributed by atoms with Gasteiger partial charge in [-0.15, -0.1) is 0 Å². The summed E-state index contributed by atoms with van der Waals surface area (Å²) in [6.07, 6.45) is 2.49. The first-order valence-electron chi connectivity index (χ1n) is 5.49. The van der Waals surface area contributed by atoms with E-state index in [0.717, 1.165) is 25.3 Å². The van der Waals surface area contributed by atoms with E-state index < -0.39 is 0 Å². The molecule has 0 radical (unpaired) electrons. The zero-order valence-corrected chi connectivity index (χ0v) is 9.86. The molecule has 0 aliphatic carbocycles. The van der Waals surface area contributed by atoms with Crippen molar-refractivity contribution in [2.75, 3.05) is 13.1 Å². The van der Waals surface area contributed by atoms with Gasteiger partial charge in [-0.2, -0.15) is 0 Å². The van der Waals surface area contributed by atoms with E-state index in [-0.39, 0.29) is 0 Å². The monoisotopic (exact) mass is 224 g/mol. The summed E-state index contributed by atoms with van der Waals surface area (Å²) in [5.74, 6) is 7.45. The van der Waals surface area contributed by atoms with Crippen molar-refractivity contribution < 1.29 is 4.42 Å². The van der Waals surface area contributed by atoms with E-state index in [4.69, 9.17) is 10.3 Å². The van der Waals surface area contributed by atoms with E-state index in [2.05, 4.69) is 29.6 Å². The highest BCUT2D eigenvalue weighted by Crippen LogP contribution is 1.99. The largest absolute Gasteiger partial charge is 0.469 e. The minimum atomic E-state index is 0.523. The highest BCUT2D eigenvalue weighted by molar-refractivity contribution is 5.79. The van der Waals surface area contributed by atoms with Crippen molar-refractivity contribution in [3.05, 3.63) is 24.2 Å². The van der Waals surface area contributed by atoms with Gasteiger partial charge in [0.2, 0.25) is 5.96 Å². The van der Waals surface area contributed by atoms with E-state index >= 15 is 0 Å². The third-order valence-corrected chi connectivity index (χ3v) is 2.00. The molecule has 0 aliphatic heterocycles. The second-order valence-electron chi connectivity index (χ2n) is 3.98. The van der Waals surface area contributed by atoms with Crippen LogP contribution in [0.5, 0.6) is 0 Å². The van der Waals surface area contributed by atoms with Gasteiger partial charge in [-0.1, -0.05) is 13.8 Å². The van der Waals surface area contributed by atoms with E-state index in [0.29, 0.717) is 11.9 Å². The van der Waals surface area contributed by atoms with E-state index in [1.165, 1.54) is 0 Å². The first-order valence-corrected chi connectivity index (χ1v) is 5.49. The lowest BCUT2D eigenvalue weighted by molar-refractivity contribution is 0.506. The fourth-order valence-corrected chi connectivity index (χ4v) is 1.19. The number of aliphatic imine (C=N–C) groups is 1. The average Bonchev–Trinajstić information content (AvgIpc) is 2.75. The quantitative estimate of drug-likeness (QED) is 0.300. The van der Waals surface area contributed by atoms with Crippen LogP contribution in [0, 0.1) is 5.92 Å². The molecule has 1 heterocycles. The maximum absolute atomic E-state index is 5.35. The first kappa shape index (κ1) is 12.6. The molecular weight excluding hydrogens is 204 g/mol. The van der Waals surface area contributed by atoms with Crippen molar-refractivity contribution in [1.29, 1.82) is 0 Å². The zero-order chi connectivity index (χ0) is 11.8. The number of rotatable bonds is 5. The summed E-state index contributed by atoms with van der Waals surface area (Å²) in [4.78, 5) is 4.30. The molecule has 0 spiro atoms. The topological polar surface area (TPSA) is 75.6 Å². The van der Waals surface area contributed by atoms with Crippen molar-refractivity contribution in [1.82, 2.24) is 10.7 Å². The van der Waals surface area contributed by atoms with Crippen LogP contribution in [0.15, 0.2) is 27.8 Å². The van der Waals surface area contributed by atoms with Crippen molar-refractivity contribution >= 4 is 5.96 Å². The molecule has 0 unspecified atom stereocenters. The van der Waals surface area contributed by atoms with Crippen molar-refractivity contribution in [3.63, 3.8) is 0 Å². The van der Waals surface area contributed by atoms with Gasteiger partial charge in [-0.25, -0.2) is 5.84 Å². The van der Waals surface area contributed by atoms with Gasteiger partial charge >= 0.3 is 0 Å². The summed E-state index contributed by atoms with van der Waals surface area (Å²) in [6.45, 7) is 5.73. The van der Waals surface area contributed by atoms with E-state index in [9.17, 15) is 0 Å². The Labute approximate surface area is 96.1 Å². The Balaban J connectivity index is 2.26.